The quantitative estimate of drug-likeness (QED) is 0.130. The molecule has 0 saturated heterocycles. The third-order valence-electron chi connectivity index (χ3n) is 9.82. The number of carbonyl (C=O) groups is 1. The van der Waals surface area contributed by atoms with Crippen molar-refractivity contribution in [3.8, 4) is 23.0 Å². The molecule has 7 rings (SSSR count). The Hall–Kier alpha value is -4.09. The maximum atomic E-state index is 14.9. The van der Waals surface area contributed by atoms with Crippen molar-refractivity contribution in [3.05, 3.63) is 104 Å². The molecular weight excluding hydrogens is 767 g/mol. The van der Waals surface area contributed by atoms with Gasteiger partial charge in [-0.15, -0.1) is 0 Å². The van der Waals surface area contributed by atoms with E-state index in [9.17, 15) is 35.9 Å². The summed E-state index contributed by atoms with van der Waals surface area (Å²) >= 11 is 13.2. The highest BCUT2D eigenvalue weighted by molar-refractivity contribution is 7.91. The summed E-state index contributed by atoms with van der Waals surface area (Å²) in [4.78, 5) is 23.5. The van der Waals surface area contributed by atoms with Crippen molar-refractivity contribution in [1.82, 2.24) is 14.8 Å². The minimum atomic E-state index is -3.50. The lowest BCUT2D eigenvalue weighted by Gasteiger charge is -2.22. The van der Waals surface area contributed by atoms with Crippen LogP contribution < -0.4 is 0 Å². The van der Waals surface area contributed by atoms with Crippen molar-refractivity contribution >= 4 is 44.5 Å². The molecule has 282 valence electrons. The number of rotatable bonds is 10. The molecule has 2 aromatic carbocycles. The summed E-state index contributed by atoms with van der Waals surface area (Å²) in [5.41, 5.74) is 1.64. The first kappa shape index (κ1) is 38.2. The van der Waals surface area contributed by atoms with Crippen LogP contribution in [0.15, 0.2) is 47.5 Å². The monoisotopic (exact) mass is 800 g/mol. The normalized spacial score (nSPS) is 20.1. The Labute approximate surface area is 319 Å². The van der Waals surface area contributed by atoms with E-state index in [-0.39, 0.29) is 45.6 Å². The molecule has 1 unspecified atom stereocenters. The Morgan fingerprint density at radius 2 is 1.78 bits per heavy atom. The van der Waals surface area contributed by atoms with Gasteiger partial charge in [-0.1, -0.05) is 35.2 Å². The second kappa shape index (κ2) is 13.6. The van der Waals surface area contributed by atoms with Gasteiger partial charge in [0.15, 0.2) is 15.6 Å². The van der Waals surface area contributed by atoms with E-state index in [2.05, 4.69) is 21.9 Å². The van der Waals surface area contributed by atoms with Crippen LogP contribution in [0.5, 0.6) is 0 Å². The topological polar surface area (TPSA) is 115 Å². The van der Waals surface area contributed by atoms with Crippen LogP contribution in [0.3, 0.4) is 0 Å². The van der Waals surface area contributed by atoms with Crippen molar-refractivity contribution in [2.24, 2.45) is 10.9 Å². The van der Waals surface area contributed by atoms with Gasteiger partial charge in [0.25, 0.3) is 5.92 Å². The zero-order valence-corrected chi connectivity index (χ0v) is 31.9. The summed E-state index contributed by atoms with van der Waals surface area (Å²) in [5, 5.41) is 14.6. The Balaban J connectivity index is 1.35. The molecule has 4 aromatic rings. The van der Waals surface area contributed by atoms with Crippen molar-refractivity contribution in [2.45, 2.75) is 76.0 Å². The number of aromatic nitrogens is 3. The number of benzene rings is 2. The van der Waals surface area contributed by atoms with Gasteiger partial charge >= 0.3 is 0 Å². The van der Waals surface area contributed by atoms with E-state index in [0.717, 1.165) is 29.1 Å². The van der Waals surface area contributed by atoms with Gasteiger partial charge in [-0.05, 0) is 92.5 Å². The zero-order valence-electron chi connectivity index (χ0n) is 29.5. The molecule has 3 aliphatic rings. The number of hydrogen-bond donors (Lipinski definition) is 1. The van der Waals surface area contributed by atoms with Gasteiger partial charge in [-0.3, -0.25) is 9.79 Å². The molecule has 1 saturated carbocycles. The highest BCUT2D eigenvalue weighted by atomic mass is 35.5. The van der Waals surface area contributed by atoms with Crippen LogP contribution in [0, 0.1) is 29.4 Å². The molecule has 4 atom stereocenters. The number of Topliss-reactive ketones (excluding diaryl/α,β-unsaturated/α-hetero) is 1. The van der Waals surface area contributed by atoms with E-state index < -0.39 is 74.8 Å². The van der Waals surface area contributed by atoms with Gasteiger partial charge in [0.2, 0.25) is 0 Å². The first-order valence-corrected chi connectivity index (χ1v) is 20.0. The van der Waals surface area contributed by atoms with Crippen LogP contribution in [0.25, 0.3) is 11.1 Å². The van der Waals surface area contributed by atoms with E-state index in [4.69, 9.17) is 28.2 Å². The molecular formula is C39H34Cl2F4N4O4S. The number of pyridine rings is 1. The predicted molar refractivity (Wildman–Crippen MR) is 197 cm³/mol. The molecule has 0 spiro atoms. The van der Waals surface area contributed by atoms with Crippen molar-refractivity contribution < 1.29 is 35.9 Å². The smallest absolute Gasteiger partial charge is 0.295 e. The summed E-state index contributed by atoms with van der Waals surface area (Å²) in [6.07, 6.45) is 1.02. The summed E-state index contributed by atoms with van der Waals surface area (Å²) in [6, 6.07) is 9.17. The standard InChI is InChI=1S/C39H34Cl2F4N4O4S/c1-19-32-26(7-8-30(40)34(32)31(46-19)18-54(4,52)53)27-6-5-24(9-10-38(2,3)51)47-35(27)21(11-20-12-22(42)15-23(43)13-20)14-25(50)17-49-37(41)33-28-16-29(28)39(44,45)36(33)48-49/h5-8,12-13,15,19,21,28-29,51H,11,14,16-18H2,1-4H3/t19?,21-,28+,29-/m1/s1. The van der Waals surface area contributed by atoms with E-state index in [0.29, 0.717) is 40.1 Å². The van der Waals surface area contributed by atoms with Crippen LogP contribution in [0.4, 0.5) is 17.6 Å². The summed E-state index contributed by atoms with van der Waals surface area (Å²) in [7, 11) is -3.50. The molecule has 0 bridgehead atoms. The van der Waals surface area contributed by atoms with Crippen LogP contribution in [0.1, 0.15) is 90.8 Å². The minimum Gasteiger partial charge on any atom is -0.378 e. The summed E-state index contributed by atoms with van der Waals surface area (Å²) in [6.45, 7) is 4.34. The lowest BCUT2D eigenvalue weighted by Crippen LogP contribution is -2.20. The molecule has 2 aliphatic carbocycles. The molecule has 1 fully saturated rings. The van der Waals surface area contributed by atoms with Gasteiger partial charge in [0.05, 0.1) is 28.2 Å². The van der Waals surface area contributed by atoms with Crippen LogP contribution >= 0.6 is 23.2 Å². The molecule has 0 amide bonds. The molecule has 3 heterocycles. The SMILES string of the molecule is CC1N=C(CS(C)(=O)=O)c2c(Cl)ccc(-c3ccc(C#CC(C)(C)O)nc3[C@@H](CC(=O)Cn3nc4c(c3Cl)[C@H]3C[C@H]3C4(F)F)Cc3cc(F)cc(F)c3)c21. The van der Waals surface area contributed by atoms with Crippen molar-refractivity contribution in [1.29, 1.82) is 0 Å². The van der Waals surface area contributed by atoms with Gasteiger partial charge in [0.1, 0.15) is 40.3 Å². The van der Waals surface area contributed by atoms with Crippen LogP contribution in [-0.2, 0) is 33.5 Å². The fraction of sp³-hybridized carbons (Fsp3) is 0.385. The number of sulfone groups is 1. The second-order valence-electron chi connectivity index (χ2n) is 14.8. The van der Waals surface area contributed by atoms with Crippen molar-refractivity contribution in [3.63, 3.8) is 0 Å². The number of halogens is 6. The molecule has 54 heavy (non-hydrogen) atoms. The van der Waals surface area contributed by atoms with E-state index in [1.807, 2.05) is 0 Å². The van der Waals surface area contributed by atoms with Gasteiger partial charge in [0, 0.05) is 47.3 Å². The van der Waals surface area contributed by atoms with Crippen LogP contribution in [-0.4, -0.2) is 57.4 Å². The third kappa shape index (κ3) is 7.46. The molecule has 1 aliphatic heterocycles. The molecule has 8 nitrogen and oxygen atoms in total. The van der Waals surface area contributed by atoms with E-state index in [1.165, 1.54) is 13.8 Å². The number of ketones is 1. The van der Waals surface area contributed by atoms with E-state index in [1.54, 1.807) is 31.2 Å². The highest BCUT2D eigenvalue weighted by Crippen LogP contribution is 2.67. The summed E-state index contributed by atoms with van der Waals surface area (Å²) in [5.74, 6) is -2.18. The fourth-order valence-electron chi connectivity index (χ4n) is 7.59. The Bertz CT molecular complexity index is 2430. The average Bonchev–Trinajstić information content (AvgIpc) is 3.63. The first-order valence-electron chi connectivity index (χ1n) is 17.2. The molecule has 0 radical (unpaired) electrons. The molecule has 15 heteroatoms. The Morgan fingerprint density at radius 3 is 2.43 bits per heavy atom. The Kier molecular flexibility index (Phi) is 9.61. The van der Waals surface area contributed by atoms with Gasteiger partial charge in [-0.25, -0.2) is 26.9 Å². The van der Waals surface area contributed by atoms with Crippen LogP contribution in [0.2, 0.25) is 10.2 Å². The third-order valence-corrected chi connectivity index (χ3v) is 11.3. The van der Waals surface area contributed by atoms with Gasteiger partial charge < -0.3 is 5.11 Å². The number of alkyl halides is 2. The average molecular weight is 802 g/mol. The number of nitrogens with zero attached hydrogens (tertiary/aromatic N) is 4. The Morgan fingerprint density at radius 1 is 1.09 bits per heavy atom. The second-order valence-corrected chi connectivity index (χ2v) is 17.8. The molecule has 1 N–H and O–H groups in total. The first-order chi connectivity index (χ1) is 25.2. The predicted octanol–water partition coefficient (Wildman–Crippen LogP) is 7.76. The highest BCUT2D eigenvalue weighted by Gasteiger charge is 2.66. The summed E-state index contributed by atoms with van der Waals surface area (Å²) < 4.78 is 84.7. The maximum Gasteiger partial charge on any atom is 0.295 e. The molecule has 2 aromatic heterocycles. The van der Waals surface area contributed by atoms with E-state index >= 15 is 0 Å². The van der Waals surface area contributed by atoms with Gasteiger partial charge in [-0.2, -0.15) is 13.9 Å². The zero-order chi connectivity index (χ0) is 39.1. The number of carbonyl (C=O) groups excluding carboxylic acids is 1. The number of aliphatic hydroxyl groups is 1. The largest absolute Gasteiger partial charge is 0.378 e. The number of aliphatic imine (C=N–C) groups is 1. The van der Waals surface area contributed by atoms with Crippen molar-refractivity contribution in [2.75, 3.05) is 12.0 Å². The fourth-order valence-corrected chi connectivity index (χ4v) is 8.90. The lowest BCUT2D eigenvalue weighted by atomic mass is 9.84. The number of fused-ring (bicyclic) bond motifs is 4. The lowest BCUT2D eigenvalue weighted by molar-refractivity contribution is -0.120. The maximum absolute atomic E-state index is 14.9. The minimum absolute atomic E-state index is 0.0231. The number of hydrogen-bond acceptors (Lipinski definition) is 7.